The maximum absolute atomic E-state index is 13.0. The molecule has 25 heavy (non-hydrogen) atoms. The van der Waals surface area contributed by atoms with Crippen LogP contribution in [0.2, 0.25) is 0 Å². The first-order chi connectivity index (χ1) is 12.1. The minimum Gasteiger partial charge on any atom is -0.497 e. The predicted octanol–water partition coefficient (Wildman–Crippen LogP) is 2.23. The van der Waals surface area contributed by atoms with E-state index in [2.05, 4.69) is 4.98 Å². The standard InChI is InChI=1S/C18H21N3O4/c1-3-18-10-20(6-7-21(18)17(23)25-11-18)16(22)15-9-12-8-13(24-2)4-5-14(12)19-15/h4-5,8-9,19H,3,6-7,10-11H2,1-2H3. The van der Waals surface area contributed by atoms with Crippen molar-refractivity contribution in [3.63, 3.8) is 0 Å². The summed E-state index contributed by atoms with van der Waals surface area (Å²) in [6.07, 6.45) is 0.485. The molecule has 0 saturated carbocycles. The fourth-order valence-corrected chi connectivity index (χ4v) is 3.76. The second kappa shape index (κ2) is 5.68. The Morgan fingerprint density at radius 1 is 1.36 bits per heavy atom. The van der Waals surface area contributed by atoms with Crippen LogP contribution >= 0.6 is 0 Å². The molecule has 132 valence electrons. The third kappa shape index (κ3) is 2.42. The van der Waals surface area contributed by atoms with Crippen molar-refractivity contribution in [1.29, 1.82) is 0 Å². The number of nitrogens with one attached hydrogen (secondary N) is 1. The van der Waals surface area contributed by atoms with E-state index >= 15 is 0 Å². The van der Waals surface area contributed by atoms with Crippen molar-refractivity contribution in [3.8, 4) is 5.75 Å². The predicted molar refractivity (Wildman–Crippen MR) is 91.8 cm³/mol. The monoisotopic (exact) mass is 343 g/mol. The molecular weight excluding hydrogens is 322 g/mol. The van der Waals surface area contributed by atoms with E-state index in [1.807, 2.05) is 36.1 Å². The van der Waals surface area contributed by atoms with Crippen LogP contribution in [-0.4, -0.2) is 65.7 Å². The number of benzene rings is 1. The second-order valence-electron chi connectivity index (χ2n) is 6.65. The topological polar surface area (TPSA) is 74.9 Å². The van der Waals surface area contributed by atoms with Gasteiger partial charge in [-0.1, -0.05) is 6.92 Å². The maximum atomic E-state index is 13.0. The van der Waals surface area contributed by atoms with Gasteiger partial charge in [-0.2, -0.15) is 0 Å². The zero-order valence-corrected chi connectivity index (χ0v) is 14.4. The molecule has 1 unspecified atom stereocenters. The number of carbonyl (C=O) groups excluding carboxylic acids is 2. The fourth-order valence-electron chi connectivity index (χ4n) is 3.76. The zero-order chi connectivity index (χ0) is 17.6. The number of rotatable bonds is 3. The van der Waals surface area contributed by atoms with E-state index in [-0.39, 0.29) is 12.0 Å². The van der Waals surface area contributed by atoms with Crippen LogP contribution in [0.3, 0.4) is 0 Å². The van der Waals surface area contributed by atoms with E-state index < -0.39 is 5.54 Å². The molecule has 1 N–H and O–H groups in total. The van der Waals surface area contributed by atoms with E-state index in [0.717, 1.165) is 23.1 Å². The minimum absolute atomic E-state index is 0.0537. The smallest absolute Gasteiger partial charge is 0.410 e. The number of fused-ring (bicyclic) bond motifs is 2. The molecule has 7 heteroatoms. The van der Waals surface area contributed by atoms with Gasteiger partial charge in [0.05, 0.1) is 12.6 Å². The van der Waals surface area contributed by atoms with Gasteiger partial charge >= 0.3 is 6.09 Å². The summed E-state index contributed by atoms with van der Waals surface area (Å²) in [4.78, 5) is 31.6. The Labute approximate surface area is 145 Å². The van der Waals surface area contributed by atoms with Gasteiger partial charge in [0.2, 0.25) is 0 Å². The van der Waals surface area contributed by atoms with Crippen LogP contribution < -0.4 is 4.74 Å². The van der Waals surface area contributed by atoms with Gasteiger partial charge in [-0.05, 0) is 30.7 Å². The van der Waals surface area contributed by atoms with Crippen molar-refractivity contribution >= 4 is 22.9 Å². The summed E-state index contributed by atoms with van der Waals surface area (Å²) in [5, 5.41) is 0.936. The highest BCUT2D eigenvalue weighted by Crippen LogP contribution is 2.32. The lowest BCUT2D eigenvalue weighted by atomic mass is 9.93. The molecule has 3 heterocycles. The van der Waals surface area contributed by atoms with Gasteiger partial charge in [0.25, 0.3) is 5.91 Å². The highest BCUT2D eigenvalue weighted by molar-refractivity contribution is 5.98. The van der Waals surface area contributed by atoms with Crippen molar-refractivity contribution in [1.82, 2.24) is 14.8 Å². The van der Waals surface area contributed by atoms with Crippen LogP contribution in [0.25, 0.3) is 10.9 Å². The molecular formula is C18H21N3O4. The second-order valence-corrected chi connectivity index (χ2v) is 6.65. The number of nitrogens with zero attached hydrogens (tertiary/aromatic N) is 2. The minimum atomic E-state index is -0.403. The number of cyclic esters (lactones) is 1. The number of methoxy groups -OCH3 is 1. The Morgan fingerprint density at radius 3 is 2.96 bits per heavy atom. The lowest BCUT2D eigenvalue weighted by molar-refractivity contribution is 0.0358. The first-order valence-corrected chi connectivity index (χ1v) is 8.47. The Balaban J connectivity index is 1.60. The van der Waals surface area contributed by atoms with E-state index in [9.17, 15) is 9.59 Å². The molecule has 2 fully saturated rings. The Morgan fingerprint density at radius 2 is 2.20 bits per heavy atom. The molecule has 0 bridgehead atoms. The highest BCUT2D eigenvalue weighted by atomic mass is 16.6. The van der Waals surface area contributed by atoms with E-state index in [4.69, 9.17) is 9.47 Å². The van der Waals surface area contributed by atoms with E-state index in [1.54, 1.807) is 12.0 Å². The van der Waals surface area contributed by atoms with Gasteiger partial charge in [-0.15, -0.1) is 0 Å². The molecule has 2 amide bonds. The SMILES string of the molecule is CCC12COC(=O)N1CCN(C(=O)c1cc3cc(OC)ccc3[nH]1)C2. The van der Waals surface area contributed by atoms with Crippen LogP contribution in [0.4, 0.5) is 4.79 Å². The average Bonchev–Trinajstić information content (AvgIpc) is 3.22. The number of ether oxygens (including phenoxy) is 2. The number of amides is 2. The molecule has 2 aromatic rings. The van der Waals surface area contributed by atoms with E-state index in [1.165, 1.54) is 0 Å². The van der Waals surface area contributed by atoms with Crippen molar-refractivity contribution in [3.05, 3.63) is 30.0 Å². The van der Waals surface area contributed by atoms with Crippen LogP contribution in [0.5, 0.6) is 5.75 Å². The fraction of sp³-hybridized carbons (Fsp3) is 0.444. The summed E-state index contributed by atoms with van der Waals surface area (Å²) in [5.74, 6) is 0.702. The molecule has 7 nitrogen and oxygen atoms in total. The van der Waals surface area contributed by atoms with Crippen molar-refractivity contribution in [2.24, 2.45) is 0 Å². The van der Waals surface area contributed by atoms with Crippen molar-refractivity contribution in [2.75, 3.05) is 33.4 Å². The molecule has 0 aliphatic carbocycles. The summed E-state index contributed by atoms with van der Waals surface area (Å²) in [7, 11) is 1.62. The van der Waals surface area contributed by atoms with Crippen molar-refractivity contribution < 1.29 is 19.1 Å². The third-order valence-electron chi connectivity index (χ3n) is 5.34. The Kier molecular flexibility index (Phi) is 3.59. The molecule has 1 aromatic heterocycles. The summed E-state index contributed by atoms with van der Waals surface area (Å²) in [5.41, 5.74) is 1.04. The van der Waals surface area contributed by atoms with Gasteiger partial charge in [0.15, 0.2) is 0 Å². The lowest BCUT2D eigenvalue weighted by Gasteiger charge is -2.44. The lowest BCUT2D eigenvalue weighted by Crippen LogP contribution is -2.62. The third-order valence-corrected chi connectivity index (χ3v) is 5.34. The maximum Gasteiger partial charge on any atom is 0.410 e. The van der Waals surface area contributed by atoms with Gasteiger partial charge in [-0.25, -0.2) is 4.79 Å². The zero-order valence-electron chi connectivity index (χ0n) is 14.4. The van der Waals surface area contributed by atoms with E-state index in [0.29, 0.717) is 31.9 Å². The molecule has 1 aromatic carbocycles. The van der Waals surface area contributed by atoms with Gasteiger partial charge in [-0.3, -0.25) is 9.69 Å². The highest BCUT2D eigenvalue weighted by Gasteiger charge is 2.50. The van der Waals surface area contributed by atoms with Crippen LogP contribution in [0.1, 0.15) is 23.8 Å². The van der Waals surface area contributed by atoms with Gasteiger partial charge in [0.1, 0.15) is 18.1 Å². The number of hydrogen-bond acceptors (Lipinski definition) is 4. The molecule has 0 radical (unpaired) electrons. The first kappa shape index (κ1) is 15.8. The molecule has 4 rings (SSSR count). The van der Waals surface area contributed by atoms with Crippen molar-refractivity contribution in [2.45, 2.75) is 18.9 Å². The van der Waals surface area contributed by atoms with Gasteiger partial charge in [0, 0.05) is 30.5 Å². The summed E-state index contributed by atoms with van der Waals surface area (Å²) in [6.45, 7) is 3.88. The first-order valence-electron chi connectivity index (χ1n) is 8.47. The summed E-state index contributed by atoms with van der Waals surface area (Å²) < 4.78 is 10.5. The van der Waals surface area contributed by atoms with Gasteiger partial charge < -0.3 is 19.4 Å². The quantitative estimate of drug-likeness (QED) is 0.927. The number of H-pyrrole nitrogens is 1. The summed E-state index contributed by atoms with van der Waals surface area (Å²) >= 11 is 0. The molecule has 0 spiro atoms. The average molecular weight is 343 g/mol. The number of hydrogen-bond donors (Lipinski definition) is 1. The Bertz CT molecular complexity index is 846. The summed E-state index contributed by atoms with van der Waals surface area (Å²) in [6, 6.07) is 7.51. The normalized spacial score (nSPS) is 22.9. The largest absolute Gasteiger partial charge is 0.497 e. The van der Waals surface area contributed by atoms with Crippen LogP contribution in [0, 0.1) is 0 Å². The molecule has 1 atom stereocenters. The van der Waals surface area contributed by atoms with Crippen LogP contribution in [0.15, 0.2) is 24.3 Å². The molecule has 2 aliphatic rings. The van der Waals surface area contributed by atoms with Crippen LogP contribution in [-0.2, 0) is 4.74 Å². The Hall–Kier alpha value is -2.70. The number of aromatic amines is 1. The molecule has 2 saturated heterocycles. The molecule has 2 aliphatic heterocycles. The number of piperazine rings is 1. The number of aromatic nitrogens is 1. The number of carbonyl (C=O) groups is 2.